The van der Waals surface area contributed by atoms with Gasteiger partial charge >= 0.3 is 0 Å². The highest BCUT2D eigenvalue weighted by Crippen LogP contribution is 2.14. The van der Waals surface area contributed by atoms with E-state index in [-0.39, 0.29) is 24.1 Å². The number of amides is 1. The van der Waals surface area contributed by atoms with Gasteiger partial charge in [-0.1, -0.05) is 30.3 Å². The first-order valence-corrected chi connectivity index (χ1v) is 7.72. The van der Waals surface area contributed by atoms with Crippen LogP contribution >= 0.6 is 0 Å². The highest BCUT2D eigenvalue weighted by Gasteiger charge is 2.16. The highest BCUT2D eigenvalue weighted by atomic mass is 16.5. The predicted molar refractivity (Wildman–Crippen MR) is 85.9 cm³/mol. The Morgan fingerprint density at radius 3 is 2.91 bits per heavy atom. The van der Waals surface area contributed by atoms with Gasteiger partial charge < -0.3 is 14.6 Å². The molecule has 0 saturated carbocycles. The van der Waals surface area contributed by atoms with Crippen LogP contribution in [0.1, 0.15) is 12.8 Å². The topological polar surface area (TPSA) is 73.2 Å². The second-order valence-corrected chi connectivity index (χ2v) is 5.54. The fourth-order valence-corrected chi connectivity index (χ4v) is 2.57. The predicted octanol–water partition coefficient (Wildman–Crippen LogP) is 1.21. The first kappa shape index (κ1) is 15.4. The summed E-state index contributed by atoms with van der Waals surface area (Å²) in [7, 11) is 0. The molecule has 2 heterocycles. The summed E-state index contributed by atoms with van der Waals surface area (Å²) in [6.45, 7) is 1.23. The van der Waals surface area contributed by atoms with Crippen LogP contribution < -0.4 is 10.9 Å². The van der Waals surface area contributed by atoms with Gasteiger partial charge in [-0.3, -0.25) is 9.59 Å². The number of hydrogen-bond donors (Lipinski definition) is 1. The molecule has 6 heteroatoms. The number of hydrogen-bond acceptors (Lipinski definition) is 4. The molecular weight excluding hydrogens is 294 g/mol. The standard InChI is InChI=1S/C17H19N3O3/c21-16(19-9-14-7-4-8-23-14)12-20-11-15(18-10-17(20)22)13-5-2-1-3-6-13/h1-3,5-6,10-11,14H,4,7-9,12H2,(H,19,21). The van der Waals surface area contributed by atoms with Crippen molar-refractivity contribution in [3.8, 4) is 11.3 Å². The molecule has 0 aliphatic carbocycles. The molecule has 23 heavy (non-hydrogen) atoms. The fourth-order valence-electron chi connectivity index (χ4n) is 2.57. The van der Waals surface area contributed by atoms with Crippen molar-refractivity contribution in [2.24, 2.45) is 0 Å². The molecular formula is C17H19N3O3. The minimum Gasteiger partial charge on any atom is -0.376 e. The molecule has 1 aliphatic heterocycles. The smallest absolute Gasteiger partial charge is 0.269 e. The third-order valence-electron chi connectivity index (χ3n) is 3.81. The third-order valence-corrected chi connectivity index (χ3v) is 3.81. The molecule has 1 unspecified atom stereocenters. The largest absolute Gasteiger partial charge is 0.376 e. The van der Waals surface area contributed by atoms with Crippen molar-refractivity contribution in [2.45, 2.75) is 25.5 Å². The van der Waals surface area contributed by atoms with E-state index in [1.165, 1.54) is 10.8 Å². The lowest BCUT2D eigenvalue weighted by atomic mass is 10.2. The summed E-state index contributed by atoms with van der Waals surface area (Å²) in [6, 6.07) is 9.54. The van der Waals surface area contributed by atoms with E-state index >= 15 is 0 Å². The number of benzene rings is 1. The van der Waals surface area contributed by atoms with E-state index in [1.807, 2.05) is 30.3 Å². The van der Waals surface area contributed by atoms with Crippen molar-refractivity contribution in [1.82, 2.24) is 14.9 Å². The molecule has 1 fully saturated rings. The molecule has 0 radical (unpaired) electrons. The molecule has 1 saturated heterocycles. The molecule has 3 rings (SSSR count). The van der Waals surface area contributed by atoms with Gasteiger partial charge in [-0.05, 0) is 12.8 Å². The number of nitrogens with zero attached hydrogens (tertiary/aromatic N) is 2. The van der Waals surface area contributed by atoms with Crippen LogP contribution in [-0.2, 0) is 16.1 Å². The number of rotatable bonds is 5. The minimum absolute atomic E-state index is 0.0199. The lowest BCUT2D eigenvalue weighted by Crippen LogP contribution is -2.36. The number of ether oxygens (including phenoxy) is 1. The normalized spacial score (nSPS) is 17.1. The Morgan fingerprint density at radius 2 is 2.17 bits per heavy atom. The van der Waals surface area contributed by atoms with Crippen molar-refractivity contribution in [3.05, 3.63) is 53.1 Å². The summed E-state index contributed by atoms with van der Waals surface area (Å²) in [4.78, 5) is 28.1. The van der Waals surface area contributed by atoms with Crippen LogP contribution in [0.15, 0.2) is 47.5 Å². The average Bonchev–Trinajstić information content (AvgIpc) is 3.09. The van der Waals surface area contributed by atoms with Crippen molar-refractivity contribution < 1.29 is 9.53 Å². The molecule has 1 atom stereocenters. The summed E-state index contributed by atoms with van der Waals surface area (Å²) >= 11 is 0. The fraction of sp³-hybridized carbons (Fsp3) is 0.353. The van der Waals surface area contributed by atoms with Crippen LogP contribution in [0.4, 0.5) is 0 Å². The summed E-state index contributed by atoms with van der Waals surface area (Å²) in [5.41, 5.74) is 1.27. The molecule has 2 aromatic rings. The average molecular weight is 313 g/mol. The molecule has 1 aromatic heterocycles. The van der Waals surface area contributed by atoms with E-state index in [2.05, 4.69) is 10.3 Å². The van der Waals surface area contributed by atoms with E-state index in [4.69, 9.17) is 4.74 Å². The summed E-state index contributed by atoms with van der Waals surface area (Å²) in [5, 5.41) is 2.82. The Hall–Kier alpha value is -2.47. The minimum atomic E-state index is -0.294. The number of nitrogens with one attached hydrogen (secondary N) is 1. The van der Waals surface area contributed by atoms with Crippen molar-refractivity contribution in [3.63, 3.8) is 0 Å². The summed E-state index contributed by atoms with van der Waals surface area (Å²) in [5.74, 6) is -0.201. The number of aromatic nitrogens is 2. The van der Waals surface area contributed by atoms with Crippen molar-refractivity contribution >= 4 is 5.91 Å². The first-order chi connectivity index (χ1) is 11.2. The maximum Gasteiger partial charge on any atom is 0.269 e. The van der Waals surface area contributed by atoms with Gasteiger partial charge in [-0.15, -0.1) is 0 Å². The number of carbonyl (C=O) groups excluding carboxylic acids is 1. The Morgan fingerprint density at radius 1 is 1.35 bits per heavy atom. The van der Waals surface area contributed by atoms with Crippen LogP contribution in [0.25, 0.3) is 11.3 Å². The molecule has 1 aromatic carbocycles. The molecule has 1 N–H and O–H groups in total. The molecule has 1 amide bonds. The van der Waals surface area contributed by atoms with Crippen molar-refractivity contribution in [2.75, 3.05) is 13.2 Å². The van der Waals surface area contributed by atoms with Crippen LogP contribution in [-0.4, -0.2) is 34.7 Å². The lowest BCUT2D eigenvalue weighted by Gasteiger charge is -2.12. The van der Waals surface area contributed by atoms with E-state index in [1.54, 1.807) is 6.20 Å². The first-order valence-electron chi connectivity index (χ1n) is 7.72. The van der Waals surface area contributed by atoms with Gasteiger partial charge in [-0.2, -0.15) is 0 Å². The Balaban J connectivity index is 1.67. The third kappa shape index (κ3) is 4.04. The Labute approximate surface area is 134 Å². The molecule has 6 nitrogen and oxygen atoms in total. The van der Waals surface area contributed by atoms with Crippen molar-refractivity contribution in [1.29, 1.82) is 0 Å². The van der Waals surface area contributed by atoms with Gasteiger partial charge in [0.05, 0.1) is 18.0 Å². The van der Waals surface area contributed by atoms with Gasteiger partial charge in [0.1, 0.15) is 6.54 Å². The molecule has 0 spiro atoms. The van der Waals surface area contributed by atoms with E-state index < -0.39 is 0 Å². The quantitative estimate of drug-likeness (QED) is 0.900. The SMILES string of the molecule is O=C(Cn1cc(-c2ccccc2)ncc1=O)NCC1CCCO1. The Bertz CT molecular complexity index is 721. The van der Waals surface area contributed by atoms with Gasteiger partial charge in [0, 0.05) is 24.9 Å². The maximum absolute atomic E-state index is 12.0. The van der Waals surface area contributed by atoms with Crippen LogP contribution in [0.5, 0.6) is 0 Å². The maximum atomic E-state index is 12.0. The van der Waals surface area contributed by atoms with E-state index in [9.17, 15) is 9.59 Å². The number of carbonyl (C=O) groups is 1. The van der Waals surface area contributed by atoms with Crippen LogP contribution in [0.2, 0.25) is 0 Å². The second kappa shape index (κ2) is 7.19. The van der Waals surface area contributed by atoms with E-state index in [0.717, 1.165) is 25.0 Å². The van der Waals surface area contributed by atoms with Crippen LogP contribution in [0.3, 0.4) is 0 Å². The molecule has 0 bridgehead atoms. The van der Waals surface area contributed by atoms with Gasteiger partial charge in [0.15, 0.2) is 0 Å². The Kier molecular flexibility index (Phi) is 4.83. The van der Waals surface area contributed by atoms with Gasteiger partial charge in [0.2, 0.25) is 5.91 Å². The van der Waals surface area contributed by atoms with Gasteiger partial charge in [0.25, 0.3) is 5.56 Å². The molecule has 1 aliphatic rings. The van der Waals surface area contributed by atoms with Crippen LogP contribution in [0, 0.1) is 0 Å². The monoisotopic (exact) mass is 313 g/mol. The summed E-state index contributed by atoms with van der Waals surface area (Å²) in [6.07, 6.45) is 4.95. The zero-order valence-electron chi connectivity index (χ0n) is 12.8. The van der Waals surface area contributed by atoms with Gasteiger partial charge in [-0.25, -0.2) is 4.98 Å². The van der Waals surface area contributed by atoms with E-state index in [0.29, 0.717) is 12.2 Å². The zero-order chi connectivity index (χ0) is 16.1. The molecule has 120 valence electrons. The zero-order valence-corrected chi connectivity index (χ0v) is 12.8. The second-order valence-electron chi connectivity index (χ2n) is 5.54. The lowest BCUT2D eigenvalue weighted by molar-refractivity contribution is -0.122. The highest BCUT2D eigenvalue weighted by molar-refractivity contribution is 5.75. The summed E-state index contributed by atoms with van der Waals surface area (Å²) < 4.78 is 6.84.